The average molecular weight is 347 g/mol. The summed E-state index contributed by atoms with van der Waals surface area (Å²) >= 11 is 0. The summed E-state index contributed by atoms with van der Waals surface area (Å²) < 4.78 is 0. The van der Waals surface area contributed by atoms with E-state index in [4.69, 9.17) is 0 Å². The van der Waals surface area contributed by atoms with Gasteiger partial charge in [0.25, 0.3) is 0 Å². The Labute approximate surface area is 155 Å². The topological polar surface area (TPSA) is 43.7 Å². The van der Waals surface area contributed by atoms with Gasteiger partial charge in [0.2, 0.25) is 0 Å². The Morgan fingerprint density at radius 1 is 0.692 bits per heavy atom. The zero-order valence-corrected chi connectivity index (χ0v) is 14.8. The van der Waals surface area contributed by atoms with Crippen LogP contribution in [0.5, 0.6) is 0 Å². The lowest BCUT2D eigenvalue weighted by Crippen LogP contribution is -2.34. The van der Waals surface area contributed by atoms with Crippen LogP contribution in [0.1, 0.15) is 28.8 Å². The van der Waals surface area contributed by atoms with E-state index in [1.807, 2.05) is 78.9 Å². The van der Waals surface area contributed by atoms with Crippen molar-refractivity contribution in [1.29, 1.82) is 0 Å². The summed E-state index contributed by atoms with van der Waals surface area (Å²) in [5.41, 5.74) is 3.06. The first-order chi connectivity index (χ1) is 12.8. The minimum Gasteiger partial charge on any atom is -0.395 e. The predicted octanol–water partition coefficient (Wildman–Crippen LogP) is 3.96. The second-order valence-corrected chi connectivity index (χ2v) is 6.39. The van der Waals surface area contributed by atoms with E-state index in [2.05, 4.69) is 17.0 Å². The second kappa shape index (κ2) is 9.30. The highest BCUT2D eigenvalue weighted by molar-refractivity contribution is 5.27. The minimum atomic E-state index is -0.686. The van der Waals surface area contributed by atoms with E-state index in [0.29, 0.717) is 13.1 Å². The molecule has 0 spiro atoms. The van der Waals surface area contributed by atoms with Gasteiger partial charge in [0.05, 0.1) is 18.8 Å². The molecule has 0 aliphatic carbocycles. The fourth-order valence-corrected chi connectivity index (χ4v) is 3.34. The number of aliphatic hydroxyl groups is 2. The van der Waals surface area contributed by atoms with Crippen molar-refractivity contribution in [3.05, 3.63) is 108 Å². The van der Waals surface area contributed by atoms with Gasteiger partial charge in [-0.2, -0.15) is 0 Å². The van der Waals surface area contributed by atoms with E-state index < -0.39 is 6.10 Å². The molecule has 2 N–H and O–H groups in total. The van der Waals surface area contributed by atoms with Gasteiger partial charge in [0.1, 0.15) is 0 Å². The maximum Gasteiger partial charge on any atom is 0.0986 e. The van der Waals surface area contributed by atoms with Crippen LogP contribution in [-0.4, -0.2) is 28.3 Å². The van der Waals surface area contributed by atoms with Crippen LogP contribution in [0.25, 0.3) is 0 Å². The molecule has 0 heterocycles. The quantitative estimate of drug-likeness (QED) is 0.648. The molecule has 0 aliphatic heterocycles. The van der Waals surface area contributed by atoms with Gasteiger partial charge in [-0.3, -0.25) is 4.90 Å². The number of nitrogens with zero attached hydrogens (tertiary/aromatic N) is 1. The van der Waals surface area contributed by atoms with E-state index in [1.165, 1.54) is 0 Å². The molecule has 26 heavy (non-hydrogen) atoms. The zero-order chi connectivity index (χ0) is 18.2. The summed E-state index contributed by atoms with van der Waals surface area (Å²) in [4.78, 5) is 2.14. The van der Waals surface area contributed by atoms with E-state index >= 15 is 0 Å². The van der Waals surface area contributed by atoms with E-state index in [1.54, 1.807) is 0 Å². The lowest BCUT2D eigenvalue weighted by atomic mass is 9.94. The van der Waals surface area contributed by atoms with Crippen molar-refractivity contribution in [3.8, 4) is 0 Å². The highest BCUT2D eigenvalue weighted by atomic mass is 16.3. The number of rotatable bonds is 8. The molecule has 3 nitrogen and oxygen atoms in total. The maximum atomic E-state index is 11.2. The van der Waals surface area contributed by atoms with Crippen molar-refractivity contribution in [2.24, 2.45) is 0 Å². The molecule has 3 aromatic rings. The Balaban J connectivity index is 1.96. The van der Waals surface area contributed by atoms with E-state index in [0.717, 1.165) is 16.7 Å². The van der Waals surface area contributed by atoms with Gasteiger partial charge in [-0.05, 0) is 16.7 Å². The highest BCUT2D eigenvalue weighted by Gasteiger charge is 2.28. The van der Waals surface area contributed by atoms with Crippen molar-refractivity contribution >= 4 is 0 Å². The first-order valence-electron chi connectivity index (χ1n) is 8.96. The Morgan fingerprint density at radius 2 is 1.19 bits per heavy atom. The van der Waals surface area contributed by atoms with Crippen molar-refractivity contribution < 1.29 is 10.2 Å². The molecule has 3 heteroatoms. The maximum absolute atomic E-state index is 11.2. The molecule has 0 aliphatic rings. The summed E-state index contributed by atoms with van der Waals surface area (Å²) in [6.07, 6.45) is -0.686. The molecule has 0 fully saturated rings. The molecule has 0 saturated carbocycles. The van der Waals surface area contributed by atoms with Crippen LogP contribution < -0.4 is 0 Å². The fraction of sp³-hybridized carbons (Fsp3) is 0.217. The van der Waals surface area contributed by atoms with E-state index in [9.17, 15) is 10.2 Å². The third-order valence-electron chi connectivity index (χ3n) is 4.59. The van der Waals surface area contributed by atoms with E-state index in [-0.39, 0.29) is 12.6 Å². The van der Waals surface area contributed by atoms with Crippen LogP contribution in [-0.2, 0) is 6.54 Å². The molecule has 0 bridgehead atoms. The van der Waals surface area contributed by atoms with Crippen LogP contribution in [0.3, 0.4) is 0 Å². The number of benzene rings is 3. The Kier molecular flexibility index (Phi) is 6.56. The summed E-state index contributed by atoms with van der Waals surface area (Å²) in [7, 11) is 0. The summed E-state index contributed by atoms with van der Waals surface area (Å²) in [6, 6.07) is 29.6. The molecule has 3 rings (SSSR count). The number of aliphatic hydroxyl groups excluding tert-OH is 2. The molecule has 0 radical (unpaired) electrons. The van der Waals surface area contributed by atoms with Gasteiger partial charge >= 0.3 is 0 Å². The molecule has 0 saturated heterocycles. The molecule has 2 atom stereocenters. The van der Waals surface area contributed by atoms with Gasteiger partial charge in [-0.1, -0.05) is 91.0 Å². The first-order valence-corrected chi connectivity index (χ1v) is 8.96. The highest BCUT2D eigenvalue weighted by Crippen LogP contribution is 2.34. The van der Waals surface area contributed by atoms with Crippen LogP contribution >= 0.6 is 0 Å². The van der Waals surface area contributed by atoms with Crippen molar-refractivity contribution in [2.75, 3.05) is 13.2 Å². The molecular formula is C23H25NO2. The van der Waals surface area contributed by atoms with Crippen LogP contribution in [0.15, 0.2) is 91.0 Å². The molecule has 0 amide bonds. The Bertz CT molecular complexity index is 762. The Morgan fingerprint density at radius 3 is 1.73 bits per heavy atom. The smallest absolute Gasteiger partial charge is 0.0986 e. The molecule has 2 unspecified atom stereocenters. The minimum absolute atomic E-state index is 0.0394. The lowest BCUT2D eigenvalue weighted by molar-refractivity contribution is 0.0325. The first kappa shape index (κ1) is 18.3. The van der Waals surface area contributed by atoms with Crippen LogP contribution in [0.4, 0.5) is 0 Å². The number of hydrogen-bond donors (Lipinski definition) is 2. The van der Waals surface area contributed by atoms with Gasteiger partial charge in [-0.15, -0.1) is 0 Å². The number of hydrogen-bond acceptors (Lipinski definition) is 3. The van der Waals surface area contributed by atoms with Crippen LogP contribution in [0.2, 0.25) is 0 Å². The molecule has 3 aromatic carbocycles. The Hall–Kier alpha value is -2.46. The third-order valence-corrected chi connectivity index (χ3v) is 4.59. The summed E-state index contributed by atoms with van der Waals surface area (Å²) in [6.45, 7) is 1.18. The van der Waals surface area contributed by atoms with Gasteiger partial charge in [0, 0.05) is 13.1 Å². The lowest BCUT2D eigenvalue weighted by Gasteiger charge is -2.35. The zero-order valence-electron chi connectivity index (χ0n) is 14.8. The average Bonchev–Trinajstić information content (AvgIpc) is 2.70. The SMILES string of the molecule is OCCN(Cc1ccccc1)C(c1ccccc1)C(O)c1ccccc1. The van der Waals surface area contributed by atoms with Crippen molar-refractivity contribution in [3.63, 3.8) is 0 Å². The normalized spacial score (nSPS) is 13.5. The van der Waals surface area contributed by atoms with Gasteiger partial charge < -0.3 is 10.2 Å². The van der Waals surface area contributed by atoms with Gasteiger partial charge in [-0.25, -0.2) is 0 Å². The second-order valence-electron chi connectivity index (χ2n) is 6.39. The molecular weight excluding hydrogens is 322 g/mol. The predicted molar refractivity (Wildman–Crippen MR) is 105 cm³/mol. The summed E-state index contributed by atoms with van der Waals surface area (Å²) in [5, 5.41) is 20.8. The monoisotopic (exact) mass is 347 g/mol. The fourth-order valence-electron chi connectivity index (χ4n) is 3.34. The van der Waals surface area contributed by atoms with Crippen molar-refractivity contribution in [2.45, 2.75) is 18.7 Å². The van der Waals surface area contributed by atoms with Crippen molar-refractivity contribution in [1.82, 2.24) is 4.90 Å². The standard InChI is InChI=1S/C23H25NO2/c25-17-16-24(18-19-10-4-1-5-11-19)22(20-12-6-2-7-13-20)23(26)21-14-8-3-9-15-21/h1-15,22-23,25-26H,16-18H2. The summed E-state index contributed by atoms with van der Waals surface area (Å²) in [5.74, 6) is 0. The van der Waals surface area contributed by atoms with Crippen LogP contribution in [0, 0.1) is 0 Å². The largest absolute Gasteiger partial charge is 0.395 e. The molecule has 134 valence electrons. The molecule has 0 aromatic heterocycles. The third kappa shape index (κ3) is 4.58. The van der Waals surface area contributed by atoms with Gasteiger partial charge in [0.15, 0.2) is 0 Å².